The number of ether oxygens (including phenoxy) is 8. The molecule has 6 aliphatic carbocycles. The quantitative estimate of drug-likeness (QED) is 0.00806. The number of aryl methyl sites for hydroxylation is 1. The van der Waals surface area contributed by atoms with Crippen LogP contribution in [-0.4, -0.2) is 163 Å². The standard InChI is InChI=1S/C20H28N2OS.C17H28O3.C15H22N2O.C12H22N2O.C10H17NO.C9H14O2.C5H12N2O2.C3H5.CH4.ClHN4.2ClH.Mg.H2N2/c1(7-18-8-5-16-24-18)2-9-19(22-14-6-13-21-22)12-15-23-20(17-19)10-3-4-11-20;1-5-8-16(14(18)20-15(2,3)4)11-12-19-17(13-16)9-6-7-10-17;1-2-6-14(17-11-5-10-16-17)9-12-18-15(13-14)7-3-4-8-15;1-2-5-11(14-13)8-9-15-12(10-11)6-3-4-7-12;1-11-9-4-7-12-10(8-9)5-2-3-6-10;10-8-3-6-11-9(7-8)4-1-2-5-9;1-5(2,3)9-4(8)7-6;1-3-2;;1-3-5-4-2;;;;1-2/h5-6,8,13-14,16H,1-4,7,9-12,15,17H2;5H,1,6-13H2,2-4H3;2,5,10-11H,1,3-4,6-9,12-13H2;2,14H,1,3-10,13H2;2-8H2,1H3;1-7H2;6H2,1-3H3,(H,7,8);3H,1-2H2;1H4;2H;2*1H;;1-2H/q;;;;;;;-1;;;;;+2;/p-1. The van der Waals surface area contributed by atoms with E-state index in [0.717, 1.165) is 129 Å². The summed E-state index contributed by atoms with van der Waals surface area (Å²) in [7, 11) is 1.91. The third kappa shape index (κ3) is 36.2. The second-order valence-electron chi connectivity index (χ2n) is 36.8. The van der Waals surface area contributed by atoms with Gasteiger partial charge in [0.25, 0.3) is 0 Å². The summed E-state index contributed by atoms with van der Waals surface area (Å²) in [6, 6.07) is 8.51. The normalized spacial score (nSPS) is 25.6. The predicted octanol–water partition coefficient (Wildman–Crippen LogP) is 19.4. The number of rotatable bonds is 16. The molecule has 0 bridgehead atoms. The minimum Gasteiger partial charge on any atom is -1.00 e. The van der Waals surface area contributed by atoms with Crippen molar-refractivity contribution in [2.45, 2.75) is 386 Å². The monoisotopic (exact) mass is 1810 g/mol. The first-order valence-corrected chi connectivity index (χ1v) is 45.4. The van der Waals surface area contributed by atoms with Crippen LogP contribution in [0, 0.1) is 28.9 Å². The van der Waals surface area contributed by atoms with Gasteiger partial charge in [0, 0.05) is 113 Å². The molecular formula is C92H156Cl3MgN15O11S. The van der Waals surface area contributed by atoms with E-state index in [0.29, 0.717) is 38.3 Å². The molecule has 3 aromatic rings. The number of aliphatic imine (C=N–C) groups is 1. The number of carbonyl (C=O) groups is 3. The Bertz CT molecular complexity index is 3520. The van der Waals surface area contributed by atoms with E-state index in [1.807, 2.05) is 81.3 Å². The maximum atomic E-state index is 12.7. The van der Waals surface area contributed by atoms with Crippen LogP contribution in [0.25, 0.3) is 0 Å². The minimum atomic E-state index is -0.609. The maximum absolute atomic E-state index is 12.7. The summed E-state index contributed by atoms with van der Waals surface area (Å²) in [6.45, 7) is 34.0. The van der Waals surface area contributed by atoms with Crippen LogP contribution in [0.15, 0.2) is 125 Å². The fourth-order valence-corrected chi connectivity index (χ4v) is 21.2. The number of carbonyl (C=O) groups excluding carboxylic acids is 3. The zero-order valence-electron chi connectivity index (χ0n) is 75.2. The van der Waals surface area contributed by atoms with Crippen LogP contribution < -0.4 is 34.9 Å². The first-order valence-electron chi connectivity index (χ1n) is 44.2. The maximum Gasteiger partial charge on any atom is 2.00 e. The number of allylic oxidation sites excluding steroid dienone is 3. The van der Waals surface area contributed by atoms with Crippen molar-refractivity contribution in [2.24, 2.45) is 37.2 Å². The Morgan fingerprint density at radius 1 is 0.602 bits per heavy atom. The Kier molecular flexibility index (Phi) is 52.5. The molecule has 6 saturated carbocycles. The van der Waals surface area contributed by atoms with Crippen molar-refractivity contribution in [3.05, 3.63) is 117 Å². The van der Waals surface area contributed by atoms with Crippen molar-refractivity contribution in [3.63, 3.8) is 0 Å². The third-order valence-corrected chi connectivity index (χ3v) is 26.8. The van der Waals surface area contributed by atoms with Gasteiger partial charge in [0.05, 0.1) is 75.1 Å². The molecule has 3 aromatic heterocycles. The number of nitrogens with one attached hydrogen (secondary N) is 5. The molecule has 694 valence electrons. The Balaban J connectivity index is 0.000000483. The number of nitrogens with zero attached hydrogens (tertiary/aromatic N) is 8. The molecule has 31 heteroatoms. The molecule has 15 rings (SSSR count). The molecule has 9 N–H and O–H groups in total. The smallest absolute Gasteiger partial charge is 1.00 e. The molecule has 6 saturated heterocycles. The van der Waals surface area contributed by atoms with Gasteiger partial charge >= 0.3 is 35.1 Å². The van der Waals surface area contributed by atoms with Crippen LogP contribution >= 0.6 is 35.5 Å². The number of Topliss-reactive ketones (excluding diaryl/α,β-unsaturated/α-hetero) is 1. The summed E-state index contributed by atoms with van der Waals surface area (Å²) in [5.74, 6) is 10.8. The number of thiophene rings is 1. The van der Waals surface area contributed by atoms with E-state index >= 15 is 0 Å². The van der Waals surface area contributed by atoms with Gasteiger partial charge in [0.1, 0.15) is 17.0 Å². The number of hydrogen-bond donors (Lipinski definition) is 7. The molecule has 123 heavy (non-hydrogen) atoms. The number of nitrogens with two attached hydrogens (primary N) is 2. The molecule has 26 nitrogen and oxygen atoms in total. The van der Waals surface area contributed by atoms with E-state index in [-0.39, 0.29) is 111 Å². The van der Waals surface area contributed by atoms with Gasteiger partial charge in [0.2, 0.25) is 0 Å². The van der Waals surface area contributed by atoms with Crippen molar-refractivity contribution in [1.82, 2.24) is 30.4 Å². The molecule has 4 unspecified atom stereocenters. The number of hydrogen-bond acceptors (Lipinski definition) is 22. The van der Waals surface area contributed by atoms with E-state index in [1.165, 1.54) is 171 Å². The summed E-state index contributed by atoms with van der Waals surface area (Å²) < 4.78 is 53.5. The fraction of sp³-hybridized carbons (Fsp3) is 0.750. The van der Waals surface area contributed by atoms with Gasteiger partial charge < -0.3 is 50.3 Å². The van der Waals surface area contributed by atoms with Gasteiger partial charge in [-0.25, -0.2) is 41.3 Å². The molecule has 12 aliphatic rings. The summed E-state index contributed by atoms with van der Waals surface area (Å²) in [5.41, 5.74) is 21.6. The Morgan fingerprint density at radius 3 is 1.42 bits per heavy atom. The second-order valence-corrected chi connectivity index (χ2v) is 38.0. The number of hydrazine groups is 2. The summed E-state index contributed by atoms with van der Waals surface area (Å²) >= 11 is 6.43. The van der Waals surface area contributed by atoms with Gasteiger partial charge in [0.15, 0.2) is 0 Å². The zero-order valence-corrected chi connectivity index (χ0v) is 79.8. The number of aromatic nitrogens is 4. The Morgan fingerprint density at radius 2 is 1.02 bits per heavy atom. The number of amides is 1. The number of ketones is 1. The van der Waals surface area contributed by atoms with Crippen molar-refractivity contribution < 1.29 is 64.7 Å². The number of esters is 1. The molecule has 6 aliphatic heterocycles. The number of unbranched alkanes of at least 4 members (excludes halogenated alkanes) is 1. The van der Waals surface area contributed by atoms with Crippen LogP contribution in [0.2, 0.25) is 0 Å². The van der Waals surface area contributed by atoms with E-state index < -0.39 is 22.7 Å². The topological polar surface area (TPSA) is 358 Å². The van der Waals surface area contributed by atoms with Gasteiger partial charge in [-0.05, 0) is 230 Å². The molecule has 0 radical (unpaired) electrons. The third-order valence-electron chi connectivity index (χ3n) is 25.8. The minimum absolute atomic E-state index is 0. The first-order chi connectivity index (χ1) is 57.1. The van der Waals surface area contributed by atoms with Crippen molar-refractivity contribution in [2.75, 3.05) is 46.7 Å². The molecule has 9 heterocycles. The Hall–Kier alpha value is -4.89. The van der Waals surface area contributed by atoms with E-state index in [2.05, 4.69) is 126 Å². The van der Waals surface area contributed by atoms with E-state index in [1.54, 1.807) is 20.8 Å². The largest absolute Gasteiger partial charge is 2.00 e. The molecule has 1 amide bonds. The zero-order chi connectivity index (χ0) is 86.9. The molecule has 6 spiro atoms. The Labute approximate surface area is 775 Å². The van der Waals surface area contributed by atoms with Gasteiger partial charge in [-0.1, -0.05) is 120 Å². The molecule has 4 atom stereocenters. The predicted molar refractivity (Wildman–Crippen MR) is 492 cm³/mol. The molecule has 0 aromatic carbocycles. The van der Waals surface area contributed by atoms with Crippen LogP contribution in [0.4, 0.5) is 4.79 Å². The second kappa shape index (κ2) is 56.5. The SMILES string of the molecule is C.C=CCC1(C(=O)OC(C)(C)C)CCOC2(CCCC2)C1.C=CCC1(NN)CCOC2(CCCC2)C1.C=CCC1(n2cccn2)CCOC2(CCCC2)C1.C=C[CH2-].CC(C)(C)OC(=O)NN.CN=C1CCOC2(CCCC2)C1.Cl.N=N.N=NN=NCl.O=C1CCOC2(CCCC2)C1.[Cl-].[Mg+2].c1csc(CCCCC2(n3cccn3)CCOC3(CCCC3)C2)c1. The van der Waals surface area contributed by atoms with Crippen LogP contribution in [0.3, 0.4) is 0 Å². The van der Waals surface area contributed by atoms with Crippen LogP contribution in [0.1, 0.15) is 324 Å². The fourth-order valence-electron chi connectivity index (χ4n) is 20.5. The first kappa shape index (κ1) is 114. The number of halogens is 3. The summed E-state index contributed by atoms with van der Waals surface area (Å²) in [4.78, 5) is 40.1. The average Bonchev–Trinajstić information content (AvgIpc) is 1.76. The molecule has 12 fully saturated rings. The molecular weight excluding hydrogens is 1650 g/mol. The van der Waals surface area contributed by atoms with E-state index in [4.69, 9.17) is 66.2 Å². The van der Waals surface area contributed by atoms with E-state index in [9.17, 15) is 14.4 Å². The van der Waals surface area contributed by atoms with Gasteiger partial charge in [-0.15, -0.1) is 43.5 Å². The van der Waals surface area contributed by atoms with Gasteiger partial charge in [-0.2, -0.15) is 15.7 Å². The van der Waals surface area contributed by atoms with Crippen molar-refractivity contribution >= 4 is 82.1 Å². The van der Waals surface area contributed by atoms with Crippen molar-refractivity contribution in [1.29, 1.82) is 16.6 Å². The summed E-state index contributed by atoms with van der Waals surface area (Å²) in [5, 5.41) is 16.4. The van der Waals surface area contributed by atoms with Crippen molar-refractivity contribution in [3.8, 4) is 0 Å². The average molecular weight is 1810 g/mol. The van der Waals surface area contributed by atoms with Gasteiger partial charge in [-0.3, -0.25) is 40.6 Å². The summed E-state index contributed by atoms with van der Waals surface area (Å²) in [6.07, 6.45) is 63.6. The van der Waals surface area contributed by atoms with Crippen LogP contribution in [0.5, 0.6) is 0 Å². The van der Waals surface area contributed by atoms with Crippen LogP contribution in [-0.2, 0) is 65.0 Å².